The Labute approximate surface area is 112 Å². The molecule has 2 atom stereocenters. The van der Waals surface area contributed by atoms with Crippen molar-refractivity contribution in [1.82, 2.24) is 9.88 Å². The molecule has 0 bridgehead atoms. The summed E-state index contributed by atoms with van der Waals surface area (Å²) >= 11 is 1.49. The minimum atomic E-state index is -0.769. The summed E-state index contributed by atoms with van der Waals surface area (Å²) in [5.41, 5.74) is 1.08. The largest absolute Gasteiger partial charge is 0.481 e. The first-order chi connectivity index (χ1) is 8.49. The molecular formula is C13H20N2O2S. The average molecular weight is 268 g/mol. The van der Waals surface area contributed by atoms with E-state index in [0.29, 0.717) is 5.92 Å². The molecule has 0 amide bonds. The molecule has 1 aliphatic rings. The monoisotopic (exact) mass is 268 g/mol. The smallest absolute Gasteiger partial charge is 0.313 e. The van der Waals surface area contributed by atoms with Gasteiger partial charge in [-0.25, -0.2) is 4.98 Å². The minimum Gasteiger partial charge on any atom is -0.481 e. The molecule has 1 fully saturated rings. The van der Waals surface area contributed by atoms with Crippen molar-refractivity contribution in [1.29, 1.82) is 0 Å². The van der Waals surface area contributed by atoms with Crippen LogP contribution in [0.15, 0.2) is 5.38 Å². The van der Waals surface area contributed by atoms with Gasteiger partial charge in [-0.15, -0.1) is 11.3 Å². The van der Waals surface area contributed by atoms with E-state index in [9.17, 15) is 9.90 Å². The van der Waals surface area contributed by atoms with Gasteiger partial charge in [-0.1, -0.05) is 13.8 Å². The molecule has 2 heterocycles. The highest BCUT2D eigenvalue weighted by molar-refractivity contribution is 7.09. The Morgan fingerprint density at radius 3 is 2.83 bits per heavy atom. The van der Waals surface area contributed by atoms with Crippen LogP contribution >= 0.6 is 11.3 Å². The van der Waals surface area contributed by atoms with Crippen LogP contribution in [0, 0.1) is 5.92 Å². The first-order valence-electron chi connectivity index (χ1n) is 6.35. The molecule has 1 aromatic rings. The van der Waals surface area contributed by atoms with Gasteiger partial charge in [0.05, 0.1) is 5.69 Å². The fourth-order valence-electron chi connectivity index (χ4n) is 2.48. The summed E-state index contributed by atoms with van der Waals surface area (Å²) in [6.07, 6.45) is 1.12. The number of thiazole rings is 1. The number of hydrogen-bond donors (Lipinski definition) is 1. The van der Waals surface area contributed by atoms with Gasteiger partial charge >= 0.3 is 5.97 Å². The second-order valence-corrected chi connectivity index (χ2v) is 6.31. The van der Waals surface area contributed by atoms with Gasteiger partial charge in [0, 0.05) is 17.8 Å². The number of carboxylic acid groups (broad SMARTS) is 1. The SMILES string of the molecule is CC(C)C(C(=O)O)c1nc(C2CCN(C)C2)cs1. The van der Waals surface area contributed by atoms with E-state index >= 15 is 0 Å². The molecule has 0 aromatic carbocycles. The molecule has 2 unspecified atom stereocenters. The van der Waals surface area contributed by atoms with Crippen molar-refractivity contribution in [3.63, 3.8) is 0 Å². The van der Waals surface area contributed by atoms with E-state index in [0.717, 1.165) is 30.2 Å². The van der Waals surface area contributed by atoms with Crippen LogP contribution in [-0.4, -0.2) is 41.1 Å². The Hall–Kier alpha value is -0.940. The molecule has 0 aliphatic carbocycles. The standard InChI is InChI=1S/C13H20N2O2S/c1-8(2)11(13(16)17)12-14-10(7-18-12)9-4-5-15(3)6-9/h7-9,11H,4-6H2,1-3H3,(H,16,17). The summed E-state index contributed by atoms with van der Waals surface area (Å²) in [6.45, 7) is 6.00. The van der Waals surface area contributed by atoms with Gasteiger partial charge in [0.2, 0.25) is 0 Å². The number of aromatic nitrogens is 1. The van der Waals surface area contributed by atoms with E-state index in [1.165, 1.54) is 11.3 Å². The van der Waals surface area contributed by atoms with Gasteiger partial charge < -0.3 is 10.0 Å². The number of nitrogens with zero attached hydrogens (tertiary/aromatic N) is 2. The van der Waals surface area contributed by atoms with E-state index in [1.54, 1.807) is 0 Å². The lowest BCUT2D eigenvalue weighted by Gasteiger charge is -2.13. The van der Waals surface area contributed by atoms with E-state index in [4.69, 9.17) is 0 Å². The van der Waals surface area contributed by atoms with Gasteiger partial charge in [0.25, 0.3) is 0 Å². The normalized spacial score (nSPS) is 22.6. The zero-order valence-electron chi connectivity index (χ0n) is 11.1. The maximum Gasteiger partial charge on any atom is 0.313 e. The van der Waals surface area contributed by atoms with Gasteiger partial charge in [-0.2, -0.15) is 0 Å². The summed E-state index contributed by atoms with van der Waals surface area (Å²) in [5, 5.41) is 12.1. The summed E-state index contributed by atoms with van der Waals surface area (Å²) < 4.78 is 0. The number of aliphatic carboxylic acids is 1. The van der Waals surface area contributed by atoms with Crippen LogP contribution in [0.25, 0.3) is 0 Å². The van der Waals surface area contributed by atoms with E-state index in [2.05, 4.69) is 16.9 Å². The van der Waals surface area contributed by atoms with E-state index < -0.39 is 11.9 Å². The summed E-state index contributed by atoms with van der Waals surface area (Å²) in [4.78, 5) is 18.2. The molecule has 1 N–H and O–H groups in total. The molecule has 100 valence electrons. The van der Waals surface area contributed by atoms with Crippen molar-refractivity contribution in [2.24, 2.45) is 5.92 Å². The predicted molar refractivity (Wildman–Crippen MR) is 72.2 cm³/mol. The van der Waals surface area contributed by atoms with Crippen LogP contribution in [0.4, 0.5) is 0 Å². The summed E-state index contributed by atoms with van der Waals surface area (Å²) in [7, 11) is 2.11. The van der Waals surface area contributed by atoms with Gasteiger partial charge in [0.15, 0.2) is 0 Å². The van der Waals surface area contributed by atoms with Gasteiger partial charge in [-0.05, 0) is 25.9 Å². The minimum absolute atomic E-state index is 0.0766. The second kappa shape index (κ2) is 5.36. The number of likely N-dealkylation sites (tertiary alicyclic amines) is 1. The van der Waals surface area contributed by atoms with Crippen molar-refractivity contribution < 1.29 is 9.90 Å². The van der Waals surface area contributed by atoms with Crippen molar-refractivity contribution in [2.45, 2.75) is 32.1 Å². The van der Waals surface area contributed by atoms with Crippen LogP contribution in [-0.2, 0) is 4.79 Å². The average Bonchev–Trinajstić information content (AvgIpc) is 2.85. The van der Waals surface area contributed by atoms with Gasteiger partial charge in [0.1, 0.15) is 10.9 Å². The van der Waals surface area contributed by atoms with Crippen molar-refractivity contribution in [3.8, 4) is 0 Å². The van der Waals surface area contributed by atoms with Crippen LogP contribution in [0.1, 0.15) is 42.8 Å². The van der Waals surface area contributed by atoms with Crippen molar-refractivity contribution in [2.75, 3.05) is 20.1 Å². The van der Waals surface area contributed by atoms with E-state index in [-0.39, 0.29) is 5.92 Å². The van der Waals surface area contributed by atoms with Crippen LogP contribution in [0.5, 0.6) is 0 Å². The predicted octanol–water partition coefficient (Wildman–Crippen LogP) is 2.39. The highest BCUT2D eigenvalue weighted by Crippen LogP contribution is 2.32. The maximum absolute atomic E-state index is 11.3. The molecule has 0 spiro atoms. The lowest BCUT2D eigenvalue weighted by Crippen LogP contribution is -2.17. The fourth-order valence-corrected chi connectivity index (χ4v) is 3.65. The molecule has 4 nitrogen and oxygen atoms in total. The maximum atomic E-state index is 11.3. The lowest BCUT2D eigenvalue weighted by atomic mass is 9.97. The molecule has 2 rings (SSSR count). The Bertz CT molecular complexity index is 430. The van der Waals surface area contributed by atoms with Crippen molar-refractivity contribution in [3.05, 3.63) is 16.1 Å². The fraction of sp³-hybridized carbons (Fsp3) is 0.692. The van der Waals surface area contributed by atoms with E-state index in [1.807, 2.05) is 19.2 Å². The molecule has 1 aliphatic heterocycles. The third-order valence-corrected chi connectivity index (χ3v) is 4.49. The van der Waals surface area contributed by atoms with Crippen LogP contribution in [0.3, 0.4) is 0 Å². The zero-order chi connectivity index (χ0) is 13.3. The lowest BCUT2D eigenvalue weighted by molar-refractivity contribution is -0.139. The molecular weight excluding hydrogens is 248 g/mol. The Morgan fingerprint density at radius 2 is 2.33 bits per heavy atom. The molecule has 0 radical (unpaired) electrons. The highest BCUT2D eigenvalue weighted by atomic mass is 32.1. The molecule has 1 saturated heterocycles. The van der Waals surface area contributed by atoms with Crippen LogP contribution in [0.2, 0.25) is 0 Å². The molecule has 0 saturated carbocycles. The zero-order valence-corrected chi connectivity index (χ0v) is 11.9. The first kappa shape index (κ1) is 13.5. The molecule has 5 heteroatoms. The van der Waals surface area contributed by atoms with Crippen LogP contribution < -0.4 is 0 Å². The summed E-state index contributed by atoms with van der Waals surface area (Å²) in [5.74, 6) is -0.688. The Kier molecular flexibility index (Phi) is 4.02. The number of likely N-dealkylation sites (N-methyl/N-ethyl adjacent to an activating group) is 1. The molecule has 18 heavy (non-hydrogen) atoms. The highest BCUT2D eigenvalue weighted by Gasteiger charge is 2.29. The second-order valence-electron chi connectivity index (χ2n) is 5.42. The number of hydrogen-bond acceptors (Lipinski definition) is 4. The van der Waals surface area contributed by atoms with Crippen molar-refractivity contribution >= 4 is 17.3 Å². The third-order valence-electron chi connectivity index (χ3n) is 3.55. The third kappa shape index (κ3) is 2.72. The Morgan fingerprint density at radius 1 is 1.61 bits per heavy atom. The topological polar surface area (TPSA) is 53.4 Å². The molecule has 1 aromatic heterocycles. The summed E-state index contributed by atoms with van der Waals surface area (Å²) in [6, 6.07) is 0. The van der Waals surface area contributed by atoms with Gasteiger partial charge in [-0.3, -0.25) is 4.79 Å². The Balaban J connectivity index is 2.16. The number of rotatable bonds is 4. The number of carboxylic acids is 1. The quantitative estimate of drug-likeness (QED) is 0.911. The number of carbonyl (C=O) groups is 1. The first-order valence-corrected chi connectivity index (χ1v) is 7.23.